The monoisotopic (exact) mass is 348 g/mol. The van der Waals surface area contributed by atoms with Gasteiger partial charge in [0.1, 0.15) is 18.5 Å². The van der Waals surface area contributed by atoms with Crippen molar-refractivity contribution >= 4 is 18.2 Å². The Morgan fingerprint density at radius 1 is 1.56 bits per heavy atom. The van der Waals surface area contributed by atoms with Crippen molar-refractivity contribution in [2.24, 2.45) is 23.2 Å². The maximum atomic E-state index is 12.2. The zero-order valence-electron chi connectivity index (χ0n) is 14.6. The molecular formula is C19H24O6. The fraction of sp³-hybridized carbons (Fsp3) is 0.526. The standard InChI is InChI=1S/C19H24O6/c1-6-19(5)7-13(24-17(22)11(3)9-21)14-12(4)18(23)25-16(14)15(19)10(2)8-20/h6,8,11,13-16,21H,1-2,4,7,9H2,3,5H3/t11-,13-,14+,15+,16-,19+/m0/s1. The van der Waals surface area contributed by atoms with Crippen molar-refractivity contribution in [2.75, 3.05) is 6.61 Å². The normalized spacial score (nSPS) is 35.3. The second kappa shape index (κ2) is 6.96. The van der Waals surface area contributed by atoms with Gasteiger partial charge in [-0.2, -0.15) is 0 Å². The van der Waals surface area contributed by atoms with E-state index in [9.17, 15) is 14.4 Å². The highest BCUT2D eigenvalue weighted by atomic mass is 16.6. The zero-order valence-corrected chi connectivity index (χ0v) is 14.6. The highest BCUT2D eigenvalue weighted by Gasteiger charge is 2.58. The second-order valence-corrected chi connectivity index (χ2v) is 7.06. The van der Waals surface area contributed by atoms with E-state index in [1.807, 2.05) is 6.92 Å². The van der Waals surface area contributed by atoms with Gasteiger partial charge < -0.3 is 14.6 Å². The third-order valence-electron chi connectivity index (χ3n) is 5.30. The number of aliphatic hydroxyl groups is 1. The van der Waals surface area contributed by atoms with E-state index in [1.165, 1.54) is 0 Å². The van der Waals surface area contributed by atoms with Crippen molar-refractivity contribution in [1.82, 2.24) is 0 Å². The summed E-state index contributed by atoms with van der Waals surface area (Å²) in [6.07, 6.45) is 1.31. The Hall–Kier alpha value is -2.21. The third kappa shape index (κ3) is 3.18. The lowest BCUT2D eigenvalue weighted by molar-refractivity contribution is -0.167. The molecule has 0 spiro atoms. The summed E-state index contributed by atoms with van der Waals surface area (Å²) in [4.78, 5) is 35.6. The number of aldehydes is 1. The molecule has 136 valence electrons. The fourth-order valence-electron chi connectivity index (χ4n) is 3.75. The van der Waals surface area contributed by atoms with Gasteiger partial charge in [0.2, 0.25) is 0 Å². The van der Waals surface area contributed by atoms with Crippen LogP contribution in [-0.2, 0) is 23.9 Å². The summed E-state index contributed by atoms with van der Waals surface area (Å²) in [5.41, 5.74) is -0.139. The molecule has 2 rings (SSSR count). The highest BCUT2D eigenvalue weighted by molar-refractivity contribution is 5.91. The van der Waals surface area contributed by atoms with Crippen LogP contribution in [-0.4, -0.2) is 42.1 Å². The van der Waals surface area contributed by atoms with Crippen LogP contribution in [0.4, 0.5) is 0 Å². The number of hydrogen-bond donors (Lipinski definition) is 1. The average Bonchev–Trinajstić information content (AvgIpc) is 2.88. The van der Waals surface area contributed by atoms with Gasteiger partial charge in [-0.3, -0.25) is 9.59 Å². The van der Waals surface area contributed by atoms with Crippen LogP contribution in [0.1, 0.15) is 20.3 Å². The SMILES string of the molecule is C=C[C@]1(C)C[C@H](OC(=O)[C@@H](C)CO)[C@H]2C(=C)C(=O)O[C@@H]2[C@H]1C(=C)C=O. The molecule has 1 saturated heterocycles. The molecule has 0 aromatic carbocycles. The minimum Gasteiger partial charge on any atom is -0.461 e. The minimum absolute atomic E-state index is 0.217. The largest absolute Gasteiger partial charge is 0.461 e. The molecule has 2 fully saturated rings. The summed E-state index contributed by atoms with van der Waals surface area (Å²) >= 11 is 0. The summed E-state index contributed by atoms with van der Waals surface area (Å²) in [6, 6.07) is 0. The smallest absolute Gasteiger partial charge is 0.334 e. The van der Waals surface area contributed by atoms with Crippen molar-refractivity contribution < 1.29 is 29.0 Å². The number of aliphatic hydroxyl groups excluding tert-OH is 1. The summed E-state index contributed by atoms with van der Waals surface area (Å²) < 4.78 is 11.0. The van der Waals surface area contributed by atoms with Gasteiger partial charge in [0.15, 0.2) is 0 Å². The van der Waals surface area contributed by atoms with Crippen LogP contribution in [0.2, 0.25) is 0 Å². The molecule has 0 aromatic rings. The number of fused-ring (bicyclic) bond motifs is 1. The first-order valence-corrected chi connectivity index (χ1v) is 8.18. The zero-order chi connectivity index (χ0) is 18.9. The Balaban J connectivity index is 2.43. The molecule has 0 amide bonds. The number of hydrogen-bond acceptors (Lipinski definition) is 6. The lowest BCUT2D eigenvalue weighted by atomic mass is 9.59. The van der Waals surface area contributed by atoms with E-state index in [2.05, 4.69) is 19.7 Å². The first-order chi connectivity index (χ1) is 11.7. The van der Waals surface area contributed by atoms with Gasteiger partial charge >= 0.3 is 11.9 Å². The van der Waals surface area contributed by atoms with Gasteiger partial charge in [0.05, 0.1) is 18.4 Å². The van der Waals surface area contributed by atoms with Crippen LogP contribution in [0.5, 0.6) is 0 Å². The maximum Gasteiger partial charge on any atom is 0.334 e. The van der Waals surface area contributed by atoms with Gasteiger partial charge in [0.25, 0.3) is 0 Å². The van der Waals surface area contributed by atoms with Crippen LogP contribution >= 0.6 is 0 Å². The Morgan fingerprint density at radius 2 is 2.20 bits per heavy atom. The molecule has 6 atom stereocenters. The van der Waals surface area contributed by atoms with Gasteiger partial charge in [-0.05, 0) is 24.3 Å². The molecule has 0 aromatic heterocycles. The molecular weight excluding hydrogens is 324 g/mol. The Labute approximate surface area is 147 Å². The molecule has 0 bridgehead atoms. The van der Waals surface area contributed by atoms with E-state index < -0.39 is 47.3 Å². The van der Waals surface area contributed by atoms with E-state index in [-0.39, 0.29) is 12.2 Å². The number of carbonyl (C=O) groups excluding carboxylic acids is 3. The van der Waals surface area contributed by atoms with Crippen molar-refractivity contribution in [3.63, 3.8) is 0 Å². The van der Waals surface area contributed by atoms with Crippen LogP contribution < -0.4 is 0 Å². The van der Waals surface area contributed by atoms with Crippen LogP contribution in [0, 0.1) is 23.2 Å². The molecule has 25 heavy (non-hydrogen) atoms. The fourth-order valence-corrected chi connectivity index (χ4v) is 3.75. The number of rotatable bonds is 6. The Kier molecular flexibility index (Phi) is 5.32. The molecule has 1 aliphatic heterocycles. The molecule has 1 heterocycles. The summed E-state index contributed by atoms with van der Waals surface area (Å²) in [5, 5.41) is 9.15. The number of ether oxygens (including phenoxy) is 2. The van der Waals surface area contributed by atoms with Crippen LogP contribution in [0.25, 0.3) is 0 Å². The van der Waals surface area contributed by atoms with Crippen molar-refractivity contribution in [2.45, 2.75) is 32.5 Å². The van der Waals surface area contributed by atoms with Crippen molar-refractivity contribution in [1.29, 1.82) is 0 Å². The molecule has 1 N–H and O–H groups in total. The van der Waals surface area contributed by atoms with Crippen LogP contribution in [0.3, 0.4) is 0 Å². The summed E-state index contributed by atoms with van der Waals surface area (Å²) in [5.74, 6) is -2.83. The first-order valence-electron chi connectivity index (χ1n) is 8.18. The Morgan fingerprint density at radius 3 is 2.72 bits per heavy atom. The predicted molar refractivity (Wildman–Crippen MR) is 90.3 cm³/mol. The van der Waals surface area contributed by atoms with Gasteiger partial charge in [-0.1, -0.05) is 26.2 Å². The molecule has 0 radical (unpaired) electrons. The van der Waals surface area contributed by atoms with Crippen LogP contribution in [0.15, 0.2) is 37.0 Å². The van der Waals surface area contributed by atoms with Gasteiger partial charge in [0, 0.05) is 11.5 Å². The number of carbonyl (C=O) groups is 3. The number of allylic oxidation sites excluding steroid dienone is 1. The van der Waals surface area contributed by atoms with Crippen molar-refractivity contribution in [3.05, 3.63) is 37.0 Å². The summed E-state index contributed by atoms with van der Waals surface area (Å²) in [7, 11) is 0. The van der Waals surface area contributed by atoms with E-state index in [0.29, 0.717) is 18.3 Å². The summed E-state index contributed by atoms with van der Waals surface area (Å²) in [6.45, 7) is 14.5. The number of esters is 2. The highest BCUT2D eigenvalue weighted by Crippen LogP contribution is 2.53. The van der Waals surface area contributed by atoms with E-state index in [1.54, 1.807) is 13.0 Å². The van der Waals surface area contributed by atoms with Crippen molar-refractivity contribution in [3.8, 4) is 0 Å². The van der Waals surface area contributed by atoms with Gasteiger partial charge in [-0.15, -0.1) is 6.58 Å². The molecule has 2 aliphatic rings. The second-order valence-electron chi connectivity index (χ2n) is 7.06. The molecule has 6 heteroatoms. The minimum atomic E-state index is -0.698. The topological polar surface area (TPSA) is 89.9 Å². The third-order valence-corrected chi connectivity index (χ3v) is 5.30. The first kappa shape index (κ1) is 19.1. The molecule has 1 saturated carbocycles. The lowest BCUT2D eigenvalue weighted by Gasteiger charge is -2.47. The molecule has 1 aliphatic carbocycles. The maximum absolute atomic E-state index is 12.2. The van der Waals surface area contributed by atoms with E-state index in [0.717, 1.165) is 0 Å². The lowest BCUT2D eigenvalue weighted by Crippen LogP contribution is -2.52. The van der Waals surface area contributed by atoms with E-state index in [4.69, 9.17) is 14.6 Å². The van der Waals surface area contributed by atoms with E-state index >= 15 is 0 Å². The predicted octanol–water partition coefficient (Wildman–Crippen LogP) is 1.59. The quantitative estimate of drug-likeness (QED) is 0.339. The Bertz CT molecular complexity index is 636. The average molecular weight is 348 g/mol. The van der Waals surface area contributed by atoms with Gasteiger partial charge in [-0.25, -0.2) is 4.79 Å². The molecule has 6 nitrogen and oxygen atoms in total. The molecule has 0 unspecified atom stereocenters.